The molecule has 0 saturated heterocycles. The van der Waals surface area contributed by atoms with Crippen molar-refractivity contribution < 1.29 is 14.1 Å². The molecule has 0 aliphatic heterocycles. The molecule has 5 heteroatoms. The van der Waals surface area contributed by atoms with Gasteiger partial charge >= 0.3 is 0 Å². The Hall–Kier alpha value is -3.08. The first-order valence-electron chi connectivity index (χ1n) is 9.00. The summed E-state index contributed by atoms with van der Waals surface area (Å²) in [7, 11) is 1.63. The minimum Gasteiger partial charge on any atom is -0.497 e. The van der Waals surface area contributed by atoms with Crippen molar-refractivity contribution in [1.82, 2.24) is 10.5 Å². The fourth-order valence-corrected chi connectivity index (χ4v) is 3.00. The highest BCUT2D eigenvalue weighted by Gasteiger charge is 2.14. The largest absolute Gasteiger partial charge is 0.497 e. The van der Waals surface area contributed by atoms with Crippen LogP contribution in [0.15, 0.2) is 59.3 Å². The summed E-state index contributed by atoms with van der Waals surface area (Å²) in [5.74, 6) is 0.795. The minimum atomic E-state index is -0.0675. The van der Waals surface area contributed by atoms with E-state index in [4.69, 9.17) is 9.26 Å². The zero-order valence-corrected chi connectivity index (χ0v) is 15.9. The Balaban J connectivity index is 1.59. The number of hydrogen-bond donors (Lipinski definition) is 1. The SMILES string of the molecule is COc1ccc(C(C)NC(=O)CCc2conc2-c2cccc(C)c2)cc1. The summed E-state index contributed by atoms with van der Waals surface area (Å²) >= 11 is 0. The van der Waals surface area contributed by atoms with Crippen LogP contribution < -0.4 is 10.1 Å². The highest BCUT2D eigenvalue weighted by molar-refractivity contribution is 5.77. The maximum Gasteiger partial charge on any atom is 0.220 e. The second-order valence-electron chi connectivity index (χ2n) is 6.62. The van der Waals surface area contributed by atoms with Gasteiger partial charge < -0.3 is 14.6 Å². The Morgan fingerprint density at radius 1 is 1.22 bits per heavy atom. The van der Waals surface area contributed by atoms with Crippen LogP contribution in [0, 0.1) is 6.92 Å². The maximum absolute atomic E-state index is 12.4. The lowest BCUT2D eigenvalue weighted by Gasteiger charge is -2.14. The number of nitrogens with zero attached hydrogens (tertiary/aromatic N) is 1. The first kappa shape index (κ1) is 18.7. The summed E-state index contributed by atoms with van der Waals surface area (Å²) in [6, 6.07) is 15.7. The van der Waals surface area contributed by atoms with Gasteiger partial charge in [0, 0.05) is 17.5 Å². The average Bonchev–Trinajstić information content (AvgIpc) is 3.15. The topological polar surface area (TPSA) is 64.4 Å². The number of hydrogen-bond acceptors (Lipinski definition) is 4. The van der Waals surface area contributed by atoms with Crippen molar-refractivity contribution in [1.29, 1.82) is 0 Å². The molecule has 27 heavy (non-hydrogen) atoms. The lowest BCUT2D eigenvalue weighted by atomic mass is 10.0. The van der Waals surface area contributed by atoms with Crippen molar-refractivity contribution in [2.45, 2.75) is 32.7 Å². The molecule has 5 nitrogen and oxygen atoms in total. The van der Waals surface area contributed by atoms with Gasteiger partial charge in [-0.25, -0.2) is 0 Å². The van der Waals surface area contributed by atoms with Crippen molar-refractivity contribution in [3.63, 3.8) is 0 Å². The van der Waals surface area contributed by atoms with Crippen molar-refractivity contribution in [3.05, 3.63) is 71.5 Å². The van der Waals surface area contributed by atoms with Gasteiger partial charge in [-0.05, 0) is 44.0 Å². The van der Waals surface area contributed by atoms with Gasteiger partial charge in [-0.1, -0.05) is 41.1 Å². The quantitative estimate of drug-likeness (QED) is 0.672. The molecule has 1 N–H and O–H groups in total. The van der Waals surface area contributed by atoms with Gasteiger partial charge in [0.2, 0.25) is 5.91 Å². The molecule has 1 heterocycles. The molecule has 2 aromatic carbocycles. The van der Waals surface area contributed by atoms with Crippen molar-refractivity contribution in [2.75, 3.05) is 7.11 Å². The van der Waals surface area contributed by atoms with Crippen molar-refractivity contribution in [2.24, 2.45) is 0 Å². The zero-order valence-electron chi connectivity index (χ0n) is 15.9. The van der Waals surface area contributed by atoms with E-state index < -0.39 is 0 Å². The molecule has 3 aromatic rings. The number of carbonyl (C=O) groups is 1. The van der Waals surface area contributed by atoms with Gasteiger partial charge in [-0.3, -0.25) is 4.79 Å². The molecule has 1 unspecified atom stereocenters. The first-order valence-corrected chi connectivity index (χ1v) is 9.00. The summed E-state index contributed by atoms with van der Waals surface area (Å²) in [5.41, 5.74) is 4.94. The number of ether oxygens (including phenoxy) is 1. The molecule has 0 bridgehead atoms. The summed E-state index contributed by atoms with van der Waals surface area (Å²) in [5, 5.41) is 7.15. The van der Waals surface area contributed by atoms with E-state index in [-0.39, 0.29) is 11.9 Å². The summed E-state index contributed by atoms with van der Waals surface area (Å²) in [6.45, 7) is 4.01. The highest BCUT2D eigenvalue weighted by Crippen LogP contribution is 2.24. The minimum absolute atomic E-state index is 0.00490. The molecule has 3 rings (SSSR count). The van der Waals surface area contributed by atoms with E-state index in [0.29, 0.717) is 12.8 Å². The Morgan fingerprint density at radius 2 is 2.00 bits per heavy atom. The number of aromatic nitrogens is 1. The van der Waals surface area contributed by atoms with Gasteiger partial charge in [0.15, 0.2) is 0 Å². The summed E-state index contributed by atoms with van der Waals surface area (Å²) in [6.07, 6.45) is 2.58. The Kier molecular flexibility index (Phi) is 5.91. The van der Waals surface area contributed by atoms with Gasteiger partial charge in [0.05, 0.1) is 13.2 Å². The van der Waals surface area contributed by atoms with Crippen molar-refractivity contribution in [3.8, 4) is 17.0 Å². The monoisotopic (exact) mass is 364 g/mol. The van der Waals surface area contributed by atoms with Gasteiger partial charge in [-0.2, -0.15) is 0 Å². The predicted molar refractivity (Wildman–Crippen MR) is 105 cm³/mol. The number of aryl methyl sites for hydroxylation is 2. The molecule has 0 saturated carbocycles. The molecule has 1 aromatic heterocycles. The molecular weight excluding hydrogens is 340 g/mol. The van der Waals surface area contributed by atoms with E-state index in [9.17, 15) is 4.79 Å². The van der Waals surface area contributed by atoms with E-state index in [0.717, 1.165) is 33.7 Å². The second-order valence-corrected chi connectivity index (χ2v) is 6.62. The molecule has 0 aliphatic carbocycles. The van der Waals surface area contributed by atoms with Crippen LogP contribution in [0.25, 0.3) is 11.3 Å². The number of methoxy groups -OCH3 is 1. The highest BCUT2D eigenvalue weighted by atomic mass is 16.5. The van der Waals surface area contributed by atoms with Crippen LogP contribution in [0.4, 0.5) is 0 Å². The van der Waals surface area contributed by atoms with Crippen molar-refractivity contribution >= 4 is 5.91 Å². The normalized spacial score (nSPS) is 11.8. The smallest absolute Gasteiger partial charge is 0.220 e. The molecule has 1 amide bonds. The molecule has 0 spiro atoms. The van der Waals surface area contributed by atoms with Gasteiger partial charge in [0.1, 0.15) is 17.7 Å². The van der Waals surface area contributed by atoms with Crippen LogP contribution in [0.1, 0.15) is 36.1 Å². The first-order chi connectivity index (χ1) is 13.1. The van der Waals surface area contributed by atoms with Crippen LogP contribution >= 0.6 is 0 Å². The fourth-order valence-electron chi connectivity index (χ4n) is 3.00. The van der Waals surface area contributed by atoms with Gasteiger partial charge in [0.25, 0.3) is 0 Å². The van der Waals surface area contributed by atoms with E-state index in [1.54, 1.807) is 13.4 Å². The van der Waals surface area contributed by atoms with Crippen LogP contribution in [-0.4, -0.2) is 18.2 Å². The van der Waals surface area contributed by atoms with Gasteiger partial charge in [-0.15, -0.1) is 0 Å². The molecular formula is C22H24N2O3. The molecule has 0 radical (unpaired) electrons. The maximum atomic E-state index is 12.4. The number of rotatable bonds is 7. The third-order valence-electron chi connectivity index (χ3n) is 4.55. The summed E-state index contributed by atoms with van der Waals surface area (Å²) < 4.78 is 10.3. The fraction of sp³-hybridized carbons (Fsp3) is 0.273. The van der Waals surface area contributed by atoms with E-state index in [1.165, 1.54) is 0 Å². The second kappa shape index (κ2) is 8.54. The predicted octanol–water partition coefficient (Wildman–Crippen LogP) is 4.47. The van der Waals surface area contributed by atoms with E-state index >= 15 is 0 Å². The Bertz CT molecular complexity index is 900. The zero-order chi connectivity index (χ0) is 19.2. The lowest BCUT2D eigenvalue weighted by Crippen LogP contribution is -2.26. The summed E-state index contributed by atoms with van der Waals surface area (Å²) in [4.78, 5) is 12.4. The van der Waals surface area contributed by atoms with Crippen LogP contribution in [0.3, 0.4) is 0 Å². The molecule has 0 aliphatic rings. The lowest BCUT2D eigenvalue weighted by molar-refractivity contribution is -0.121. The van der Waals surface area contributed by atoms with Crippen LogP contribution in [0.5, 0.6) is 5.75 Å². The van der Waals surface area contributed by atoms with Crippen LogP contribution in [-0.2, 0) is 11.2 Å². The standard InChI is InChI=1S/C22H24N2O3/c1-15-5-4-6-18(13-15)22-19(14-27-24-22)9-12-21(25)23-16(2)17-7-10-20(26-3)11-8-17/h4-8,10-11,13-14,16H,9,12H2,1-3H3,(H,23,25). The third kappa shape index (κ3) is 4.76. The Labute approximate surface area is 159 Å². The molecule has 0 fully saturated rings. The third-order valence-corrected chi connectivity index (χ3v) is 4.55. The number of carbonyl (C=O) groups excluding carboxylic acids is 1. The number of benzene rings is 2. The molecule has 140 valence electrons. The van der Waals surface area contributed by atoms with E-state index in [1.807, 2.05) is 56.3 Å². The van der Waals surface area contributed by atoms with E-state index in [2.05, 4.69) is 16.5 Å². The van der Waals surface area contributed by atoms with Crippen LogP contribution in [0.2, 0.25) is 0 Å². The number of nitrogens with one attached hydrogen (secondary N) is 1. The molecule has 1 atom stereocenters. The average molecular weight is 364 g/mol. The Morgan fingerprint density at radius 3 is 2.70 bits per heavy atom. The number of amides is 1.